The maximum atomic E-state index is 12.2. The molecular formula is C14H26N2O3. The fourth-order valence-electron chi connectivity index (χ4n) is 2.65. The monoisotopic (exact) mass is 270 g/mol. The molecule has 2 amide bonds. The maximum Gasteiger partial charge on any atom is 0.317 e. The Kier molecular flexibility index (Phi) is 5.63. The van der Waals surface area contributed by atoms with E-state index in [0.717, 1.165) is 19.3 Å². The number of hydrogen-bond acceptors (Lipinski definition) is 2. The highest BCUT2D eigenvalue weighted by Crippen LogP contribution is 2.22. The van der Waals surface area contributed by atoms with Gasteiger partial charge < -0.3 is 15.3 Å². The van der Waals surface area contributed by atoms with Gasteiger partial charge in [-0.25, -0.2) is 4.79 Å². The SMILES string of the molecule is CCC(CC)(CC)NC(=O)N1CCC(C(=O)O)CC1. The molecule has 2 N–H and O–H groups in total. The fourth-order valence-corrected chi connectivity index (χ4v) is 2.65. The molecule has 1 fully saturated rings. The lowest BCUT2D eigenvalue weighted by Gasteiger charge is -2.37. The molecule has 5 heteroatoms. The minimum atomic E-state index is -0.745. The number of carbonyl (C=O) groups excluding carboxylic acids is 1. The molecule has 0 bridgehead atoms. The van der Waals surface area contributed by atoms with Crippen LogP contribution in [-0.4, -0.2) is 40.6 Å². The number of nitrogens with zero attached hydrogens (tertiary/aromatic N) is 1. The Labute approximate surface area is 115 Å². The average Bonchev–Trinajstić information content (AvgIpc) is 2.45. The first kappa shape index (κ1) is 15.8. The first-order valence-corrected chi connectivity index (χ1v) is 7.28. The predicted molar refractivity (Wildman–Crippen MR) is 74.1 cm³/mol. The summed E-state index contributed by atoms with van der Waals surface area (Å²) >= 11 is 0. The van der Waals surface area contributed by atoms with Crippen molar-refractivity contribution in [1.29, 1.82) is 0 Å². The number of urea groups is 1. The van der Waals surface area contributed by atoms with Crippen LogP contribution in [0.5, 0.6) is 0 Å². The topological polar surface area (TPSA) is 69.6 Å². The highest BCUT2D eigenvalue weighted by Gasteiger charge is 2.31. The van der Waals surface area contributed by atoms with Crippen LogP contribution in [0.15, 0.2) is 0 Å². The summed E-state index contributed by atoms with van der Waals surface area (Å²) in [6, 6.07) is -0.0469. The van der Waals surface area contributed by atoms with E-state index in [1.54, 1.807) is 4.90 Å². The maximum absolute atomic E-state index is 12.2. The van der Waals surface area contributed by atoms with Crippen molar-refractivity contribution in [2.45, 2.75) is 58.4 Å². The van der Waals surface area contributed by atoms with Crippen LogP contribution in [-0.2, 0) is 4.79 Å². The number of rotatable bonds is 5. The van der Waals surface area contributed by atoms with Crippen molar-refractivity contribution in [3.05, 3.63) is 0 Å². The second-order valence-corrected chi connectivity index (χ2v) is 5.37. The minimum Gasteiger partial charge on any atom is -0.481 e. The molecule has 1 aliphatic heterocycles. The largest absolute Gasteiger partial charge is 0.481 e. The van der Waals surface area contributed by atoms with Crippen molar-refractivity contribution in [3.8, 4) is 0 Å². The Hall–Kier alpha value is -1.26. The van der Waals surface area contributed by atoms with E-state index >= 15 is 0 Å². The van der Waals surface area contributed by atoms with Crippen molar-refractivity contribution in [2.24, 2.45) is 5.92 Å². The number of carbonyl (C=O) groups is 2. The van der Waals surface area contributed by atoms with Crippen molar-refractivity contribution in [3.63, 3.8) is 0 Å². The van der Waals surface area contributed by atoms with E-state index in [9.17, 15) is 9.59 Å². The van der Waals surface area contributed by atoms with Crippen LogP contribution in [0.4, 0.5) is 4.79 Å². The molecular weight excluding hydrogens is 244 g/mol. The van der Waals surface area contributed by atoms with E-state index in [4.69, 9.17) is 5.11 Å². The smallest absolute Gasteiger partial charge is 0.317 e. The predicted octanol–water partition coefficient (Wildman–Crippen LogP) is 2.46. The average molecular weight is 270 g/mol. The molecule has 1 aliphatic rings. The molecule has 0 saturated carbocycles. The molecule has 0 atom stereocenters. The van der Waals surface area contributed by atoms with Crippen molar-refractivity contribution in [1.82, 2.24) is 10.2 Å². The summed E-state index contributed by atoms with van der Waals surface area (Å²) in [6.07, 6.45) is 3.85. The Morgan fingerprint density at radius 1 is 1.16 bits per heavy atom. The van der Waals surface area contributed by atoms with E-state index in [0.29, 0.717) is 25.9 Å². The van der Waals surface area contributed by atoms with Crippen LogP contribution in [0.2, 0.25) is 0 Å². The van der Waals surface area contributed by atoms with Crippen LogP contribution in [0, 0.1) is 5.92 Å². The zero-order chi connectivity index (χ0) is 14.5. The highest BCUT2D eigenvalue weighted by atomic mass is 16.4. The molecule has 0 radical (unpaired) electrons. The minimum absolute atomic E-state index is 0.0469. The normalized spacial score (nSPS) is 17.3. The molecule has 5 nitrogen and oxygen atoms in total. The van der Waals surface area contributed by atoms with Crippen LogP contribution in [0.3, 0.4) is 0 Å². The molecule has 0 aliphatic carbocycles. The third-order valence-electron chi connectivity index (χ3n) is 4.53. The number of carboxylic acid groups (broad SMARTS) is 1. The van der Waals surface area contributed by atoms with Gasteiger partial charge in [-0.05, 0) is 32.1 Å². The molecule has 0 aromatic rings. The molecule has 110 valence electrons. The molecule has 1 saturated heterocycles. The van der Waals surface area contributed by atoms with Crippen molar-refractivity contribution in [2.75, 3.05) is 13.1 Å². The van der Waals surface area contributed by atoms with E-state index in [2.05, 4.69) is 26.1 Å². The van der Waals surface area contributed by atoms with Gasteiger partial charge in [0.05, 0.1) is 5.92 Å². The lowest BCUT2D eigenvalue weighted by Crippen LogP contribution is -2.54. The Morgan fingerprint density at radius 3 is 2.00 bits per heavy atom. The summed E-state index contributed by atoms with van der Waals surface area (Å²) in [7, 11) is 0. The summed E-state index contributed by atoms with van der Waals surface area (Å²) < 4.78 is 0. The van der Waals surface area contributed by atoms with Gasteiger partial charge in [0.1, 0.15) is 0 Å². The number of carboxylic acids is 1. The number of hydrogen-bond donors (Lipinski definition) is 2. The second kappa shape index (κ2) is 6.78. The Bertz CT molecular complexity index is 310. The van der Waals surface area contributed by atoms with Crippen LogP contribution < -0.4 is 5.32 Å². The summed E-state index contributed by atoms with van der Waals surface area (Å²) in [5, 5.41) is 12.1. The Morgan fingerprint density at radius 2 is 1.63 bits per heavy atom. The molecule has 0 aromatic carbocycles. The van der Waals surface area contributed by atoms with Gasteiger partial charge in [-0.2, -0.15) is 0 Å². The third-order valence-corrected chi connectivity index (χ3v) is 4.53. The molecule has 1 rings (SSSR count). The zero-order valence-corrected chi connectivity index (χ0v) is 12.2. The Balaban J connectivity index is 2.53. The molecule has 0 spiro atoms. The fraction of sp³-hybridized carbons (Fsp3) is 0.857. The summed E-state index contributed by atoms with van der Waals surface area (Å²) in [5.74, 6) is -1.04. The summed E-state index contributed by atoms with van der Waals surface area (Å²) in [4.78, 5) is 24.9. The molecule has 19 heavy (non-hydrogen) atoms. The van der Waals surface area contributed by atoms with Gasteiger partial charge in [0, 0.05) is 18.6 Å². The van der Waals surface area contributed by atoms with Crippen molar-refractivity contribution >= 4 is 12.0 Å². The lowest BCUT2D eigenvalue weighted by atomic mass is 9.90. The number of nitrogens with one attached hydrogen (secondary N) is 1. The number of likely N-dealkylation sites (tertiary alicyclic amines) is 1. The number of amides is 2. The van der Waals surface area contributed by atoms with E-state index in [1.807, 2.05) is 0 Å². The summed E-state index contributed by atoms with van der Waals surface area (Å²) in [5.41, 5.74) is -0.124. The first-order valence-electron chi connectivity index (χ1n) is 7.28. The van der Waals surface area contributed by atoms with E-state index in [-0.39, 0.29) is 17.5 Å². The van der Waals surface area contributed by atoms with Gasteiger partial charge in [0.25, 0.3) is 0 Å². The zero-order valence-electron chi connectivity index (χ0n) is 12.2. The number of piperidine rings is 1. The first-order chi connectivity index (χ1) is 8.98. The standard InChI is InChI=1S/C14H26N2O3/c1-4-14(5-2,6-3)15-13(19)16-9-7-11(8-10-16)12(17)18/h11H,4-10H2,1-3H3,(H,15,19)(H,17,18). The molecule has 0 unspecified atom stereocenters. The second-order valence-electron chi connectivity index (χ2n) is 5.37. The summed E-state index contributed by atoms with van der Waals surface area (Å²) in [6.45, 7) is 7.34. The number of aliphatic carboxylic acids is 1. The van der Waals surface area contributed by atoms with Gasteiger partial charge in [-0.3, -0.25) is 4.79 Å². The van der Waals surface area contributed by atoms with Crippen molar-refractivity contribution < 1.29 is 14.7 Å². The third kappa shape index (κ3) is 3.85. The quantitative estimate of drug-likeness (QED) is 0.806. The van der Waals surface area contributed by atoms with Crippen LogP contribution >= 0.6 is 0 Å². The van der Waals surface area contributed by atoms with Gasteiger partial charge in [0.15, 0.2) is 0 Å². The van der Waals surface area contributed by atoms with Gasteiger partial charge >= 0.3 is 12.0 Å². The van der Waals surface area contributed by atoms with Gasteiger partial charge in [-0.1, -0.05) is 20.8 Å². The van der Waals surface area contributed by atoms with E-state index in [1.165, 1.54) is 0 Å². The van der Waals surface area contributed by atoms with Gasteiger partial charge in [0.2, 0.25) is 0 Å². The van der Waals surface area contributed by atoms with Crippen LogP contribution in [0.1, 0.15) is 52.9 Å². The van der Waals surface area contributed by atoms with Gasteiger partial charge in [-0.15, -0.1) is 0 Å². The lowest BCUT2D eigenvalue weighted by molar-refractivity contribution is -0.143. The highest BCUT2D eigenvalue weighted by molar-refractivity contribution is 5.76. The molecule has 0 aromatic heterocycles. The van der Waals surface area contributed by atoms with E-state index < -0.39 is 5.97 Å². The molecule has 1 heterocycles. The van der Waals surface area contributed by atoms with Crippen LogP contribution in [0.25, 0.3) is 0 Å².